The van der Waals surface area contributed by atoms with Crippen molar-refractivity contribution in [3.8, 4) is 0 Å². The van der Waals surface area contributed by atoms with E-state index in [0.29, 0.717) is 16.6 Å². The molecule has 4 fully saturated rings. The summed E-state index contributed by atoms with van der Waals surface area (Å²) in [5.41, 5.74) is 0.966. The first kappa shape index (κ1) is 22.8. The third-order valence-electron chi connectivity index (χ3n) is 11.6. The molecule has 4 rings (SSSR count). The van der Waals surface area contributed by atoms with Crippen LogP contribution in [0.15, 0.2) is 0 Å². The summed E-state index contributed by atoms with van der Waals surface area (Å²) >= 11 is 0. The summed E-state index contributed by atoms with van der Waals surface area (Å²) in [6.45, 7) is 16.8. The zero-order valence-corrected chi connectivity index (χ0v) is 21.2. The molecule has 0 heterocycles. The van der Waals surface area contributed by atoms with Gasteiger partial charge in [-0.25, -0.2) is 0 Å². The molecule has 4 aliphatic carbocycles. The molecule has 0 aromatic heterocycles. The van der Waals surface area contributed by atoms with E-state index in [1.807, 2.05) is 6.92 Å². The van der Waals surface area contributed by atoms with Crippen LogP contribution in [0.2, 0.25) is 0 Å². The van der Waals surface area contributed by atoms with Crippen molar-refractivity contribution in [3.05, 3.63) is 0 Å². The fourth-order valence-electron chi connectivity index (χ4n) is 9.90. The smallest absolute Gasteiger partial charge is 0.135 e. The van der Waals surface area contributed by atoms with Crippen molar-refractivity contribution in [1.29, 1.82) is 0 Å². The van der Waals surface area contributed by atoms with Crippen molar-refractivity contribution in [2.24, 2.45) is 57.7 Å². The minimum Gasteiger partial charge on any atom is -0.299 e. The number of carbonyl (C=O) groups is 1. The number of ketones is 1. The number of hydrogen-bond acceptors (Lipinski definition) is 1. The highest BCUT2D eigenvalue weighted by molar-refractivity contribution is 5.82. The van der Waals surface area contributed by atoms with Crippen LogP contribution in [0.1, 0.15) is 119 Å². The Morgan fingerprint density at radius 2 is 1.60 bits per heavy atom. The van der Waals surface area contributed by atoms with E-state index in [4.69, 9.17) is 0 Å². The van der Waals surface area contributed by atoms with Crippen LogP contribution in [0.3, 0.4) is 0 Å². The Morgan fingerprint density at radius 3 is 2.27 bits per heavy atom. The maximum atomic E-state index is 12.5. The van der Waals surface area contributed by atoms with Crippen molar-refractivity contribution in [2.45, 2.75) is 119 Å². The summed E-state index contributed by atoms with van der Waals surface area (Å²) in [6, 6.07) is 0. The molecular formula is C29H50O. The molecule has 0 aliphatic heterocycles. The highest BCUT2D eigenvalue weighted by Gasteiger charge is 2.63. The largest absolute Gasteiger partial charge is 0.299 e. The van der Waals surface area contributed by atoms with Gasteiger partial charge < -0.3 is 0 Å². The molecule has 0 unspecified atom stereocenters. The lowest BCUT2D eigenvalue weighted by Crippen LogP contribution is -2.51. The fourth-order valence-corrected chi connectivity index (χ4v) is 9.90. The van der Waals surface area contributed by atoms with Gasteiger partial charge in [0.15, 0.2) is 0 Å². The van der Waals surface area contributed by atoms with Gasteiger partial charge in [-0.15, -0.1) is 0 Å². The van der Waals surface area contributed by atoms with E-state index in [1.54, 1.807) is 0 Å². The molecule has 1 heteroatoms. The van der Waals surface area contributed by atoms with Crippen LogP contribution in [0.4, 0.5) is 0 Å². The molecule has 4 aliphatic rings. The molecule has 0 aromatic carbocycles. The quantitative estimate of drug-likeness (QED) is 0.427. The van der Waals surface area contributed by atoms with Crippen LogP contribution in [0.25, 0.3) is 0 Å². The number of hydrogen-bond donors (Lipinski definition) is 0. The standard InChI is InChI=1S/C29H50O/c1-19(2)9-8-10-20(3)24-13-14-25-23-12-11-22-17-27(5,21(4)30)18-29(22,7)26(23)15-16-28(24,25)6/h19-20,22-26H,8-18H2,1-7H3/t20-,22+,23+,24-,25+,26+,27+,28-,29+/m1/s1. The Kier molecular flexibility index (Phi) is 6.03. The Morgan fingerprint density at radius 1 is 0.900 bits per heavy atom. The maximum absolute atomic E-state index is 12.5. The van der Waals surface area contributed by atoms with Crippen molar-refractivity contribution >= 4 is 5.78 Å². The van der Waals surface area contributed by atoms with Gasteiger partial charge in [-0.05, 0) is 111 Å². The zero-order chi connectivity index (χ0) is 21.9. The Labute approximate surface area is 187 Å². The van der Waals surface area contributed by atoms with Crippen LogP contribution < -0.4 is 0 Å². The van der Waals surface area contributed by atoms with Crippen molar-refractivity contribution in [1.82, 2.24) is 0 Å². The first-order chi connectivity index (χ1) is 14.0. The molecule has 0 amide bonds. The topological polar surface area (TPSA) is 17.1 Å². The van der Waals surface area contributed by atoms with Crippen LogP contribution in [-0.2, 0) is 4.79 Å². The second-order valence-electron chi connectivity index (χ2n) is 13.7. The average molecular weight is 415 g/mol. The molecular weight excluding hydrogens is 364 g/mol. The molecule has 9 atom stereocenters. The second kappa shape index (κ2) is 7.91. The van der Waals surface area contributed by atoms with Crippen molar-refractivity contribution < 1.29 is 4.79 Å². The van der Waals surface area contributed by atoms with E-state index in [9.17, 15) is 4.79 Å². The molecule has 172 valence electrons. The van der Waals surface area contributed by atoms with Gasteiger partial charge in [-0.2, -0.15) is 0 Å². The first-order valence-electron chi connectivity index (χ1n) is 13.5. The summed E-state index contributed by atoms with van der Waals surface area (Å²) in [7, 11) is 0. The Balaban J connectivity index is 1.49. The van der Waals surface area contributed by atoms with Gasteiger partial charge in [0, 0.05) is 5.41 Å². The predicted molar refractivity (Wildman–Crippen MR) is 127 cm³/mol. The molecule has 0 aromatic rings. The number of Topliss-reactive ketones (excluding diaryl/α,β-unsaturated/α-hetero) is 1. The summed E-state index contributed by atoms with van der Waals surface area (Å²) in [4.78, 5) is 12.5. The molecule has 0 N–H and O–H groups in total. The summed E-state index contributed by atoms with van der Waals surface area (Å²) in [5, 5.41) is 0. The van der Waals surface area contributed by atoms with Crippen LogP contribution >= 0.6 is 0 Å². The normalized spacial score (nSPS) is 48.9. The summed E-state index contributed by atoms with van der Waals surface area (Å²) < 4.78 is 0. The fraction of sp³-hybridized carbons (Fsp3) is 0.966. The number of carbonyl (C=O) groups excluding carboxylic acids is 1. The van der Waals surface area contributed by atoms with Crippen LogP contribution in [0, 0.1) is 57.7 Å². The van der Waals surface area contributed by atoms with E-state index < -0.39 is 0 Å². The lowest BCUT2D eigenvalue weighted by molar-refractivity contribution is -0.126. The molecule has 1 nitrogen and oxygen atoms in total. The highest BCUT2D eigenvalue weighted by Crippen LogP contribution is 2.71. The molecule has 0 bridgehead atoms. The SMILES string of the molecule is CC(=O)[C@@]1(C)C[C@@H]2CC[C@@H]3[C@H](CC[C@]4(C)[C@@H]([C@H](C)CCCC(C)C)CC[C@@H]34)[C@@]2(C)C1. The van der Waals surface area contributed by atoms with E-state index in [1.165, 1.54) is 70.6 Å². The minimum atomic E-state index is -0.0435. The lowest BCUT2D eigenvalue weighted by atomic mass is 9.47. The van der Waals surface area contributed by atoms with Crippen LogP contribution in [-0.4, -0.2) is 5.78 Å². The lowest BCUT2D eigenvalue weighted by Gasteiger charge is -2.58. The Bertz CT molecular complexity index is 651. The van der Waals surface area contributed by atoms with Gasteiger partial charge in [0.05, 0.1) is 0 Å². The van der Waals surface area contributed by atoms with E-state index in [2.05, 4.69) is 41.5 Å². The molecule has 4 saturated carbocycles. The van der Waals surface area contributed by atoms with Gasteiger partial charge in [0.25, 0.3) is 0 Å². The van der Waals surface area contributed by atoms with Gasteiger partial charge in [-0.3, -0.25) is 4.79 Å². The monoisotopic (exact) mass is 414 g/mol. The molecule has 0 spiro atoms. The minimum absolute atomic E-state index is 0.0435. The third kappa shape index (κ3) is 3.53. The summed E-state index contributed by atoms with van der Waals surface area (Å²) in [5.74, 6) is 6.72. The first-order valence-corrected chi connectivity index (χ1v) is 13.5. The third-order valence-corrected chi connectivity index (χ3v) is 11.6. The van der Waals surface area contributed by atoms with E-state index in [-0.39, 0.29) is 5.41 Å². The van der Waals surface area contributed by atoms with Crippen molar-refractivity contribution in [2.75, 3.05) is 0 Å². The van der Waals surface area contributed by atoms with Gasteiger partial charge in [0.1, 0.15) is 5.78 Å². The average Bonchev–Trinajstić information content (AvgIpc) is 3.15. The molecule has 0 saturated heterocycles. The van der Waals surface area contributed by atoms with Gasteiger partial charge in [-0.1, -0.05) is 60.8 Å². The maximum Gasteiger partial charge on any atom is 0.135 e. The highest BCUT2D eigenvalue weighted by atomic mass is 16.1. The molecule has 30 heavy (non-hydrogen) atoms. The van der Waals surface area contributed by atoms with E-state index in [0.717, 1.165) is 41.4 Å². The molecule has 0 radical (unpaired) electrons. The summed E-state index contributed by atoms with van der Waals surface area (Å²) in [6.07, 6.45) is 15.3. The zero-order valence-electron chi connectivity index (χ0n) is 21.2. The van der Waals surface area contributed by atoms with Gasteiger partial charge >= 0.3 is 0 Å². The van der Waals surface area contributed by atoms with Crippen molar-refractivity contribution in [3.63, 3.8) is 0 Å². The van der Waals surface area contributed by atoms with Crippen LogP contribution in [0.5, 0.6) is 0 Å². The predicted octanol–water partition coefficient (Wildman–Crippen LogP) is 8.31. The Hall–Kier alpha value is -0.330. The number of fused-ring (bicyclic) bond motifs is 5. The van der Waals surface area contributed by atoms with Gasteiger partial charge in [0.2, 0.25) is 0 Å². The van der Waals surface area contributed by atoms with E-state index >= 15 is 0 Å². The second-order valence-corrected chi connectivity index (χ2v) is 13.7. The number of rotatable bonds is 6.